The highest BCUT2D eigenvalue weighted by Gasteiger charge is 2.38. The summed E-state index contributed by atoms with van der Waals surface area (Å²) in [5, 5.41) is 8.90. The normalized spacial score (nSPS) is 24.1. The summed E-state index contributed by atoms with van der Waals surface area (Å²) in [6.45, 7) is 4.21. The Hall–Kier alpha value is -0.900. The first-order chi connectivity index (χ1) is 9.77. The lowest BCUT2D eigenvalue weighted by atomic mass is 10.2. The van der Waals surface area contributed by atoms with Crippen LogP contribution in [0.25, 0.3) is 0 Å². The van der Waals surface area contributed by atoms with Crippen molar-refractivity contribution >= 4 is 31.9 Å². The van der Waals surface area contributed by atoms with E-state index < -0.39 is 21.8 Å². The number of furan rings is 1. The number of halogens is 1. The summed E-state index contributed by atoms with van der Waals surface area (Å²) >= 11 is 2.98. The van der Waals surface area contributed by atoms with Gasteiger partial charge in [0.15, 0.2) is 4.67 Å². The molecule has 2 unspecified atom stereocenters. The highest BCUT2D eigenvalue weighted by molar-refractivity contribution is 9.10. The molecule has 9 heteroatoms. The second kappa shape index (κ2) is 6.07. The Bertz CT molecular complexity index is 640. The Morgan fingerprint density at radius 1 is 1.57 bits per heavy atom. The van der Waals surface area contributed by atoms with Crippen LogP contribution in [0.2, 0.25) is 0 Å². The van der Waals surface area contributed by atoms with Crippen molar-refractivity contribution in [3.8, 4) is 0 Å². The molecule has 1 aromatic heterocycles. The molecule has 0 aliphatic carbocycles. The molecule has 0 aromatic carbocycles. The lowest BCUT2D eigenvalue weighted by Gasteiger charge is -2.36. The molecule has 0 bridgehead atoms. The molecule has 2 heterocycles. The van der Waals surface area contributed by atoms with E-state index in [-0.39, 0.29) is 28.3 Å². The minimum absolute atomic E-state index is 0.103. The topological polar surface area (TPSA) is 97.0 Å². The standard InChI is InChI=1S/C12H16BrNO6S/c1-3-8-6-19-7(2)5-14(8)21(17,18)10-4-9(12(15)16)20-11(10)13/h4,7-8H,3,5-6H2,1-2H3,(H,15,16). The van der Waals surface area contributed by atoms with Crippen molar-refractivity contribution < 1.29 is 27.5 Å². The smallest absolute Gasteiger partial charge is 0.371 e. The molecule has 1 aliphatic rings. The zero-order chi connectivity index (χ0) is 15.8. The van der Waals surface area contributed by atoms with Gasteiger partial charge in [0.25, 0.3) is 0 Å². The van der Waals surface area contributed by atoms with Crippen LogP contribution in [-0.2, 0) is 14.8 Å². The summed E-state index contributed by atoms with van der Waals surface area (Å²) in [7, 11) is -3.85. The summed E-state index contributed by atoms with van der Waals surface area (Å²) in [6.07, 6.45) is 0.389. The Kier molecular flexibility index (Phi) is 4.76. The first-order valence-electron chi connectivity index (χ1n) is 6.43. The Morgan fingerprint density at radius 3 is 2.76 bits per heavy atom. The average Bonchev–Trinajstić information content (AvgIpc) is 2.81. The van der Waals surface area contributed by atoms with E-state index in [0.717, 1.165) is 6.07 Å². The van der Waals surface area contributed by atoms with E-state index in [1.807, 2.05) is 6.92 Å². The van der Waals surface area contributed by atoms with Gasteiger partial charge < -0.3 is 14.3 Å². The Labute approximate surface area is 131 Å². The van der Waals surface area contributed by atoms with Crippen LogP contribution in [0.5, 0.6) is 0 Å². The highest BCUT2D eigenvalue weighted by Crippen LogP contribution is 2.31. The molecule has 0 amide bonds. The van der Waals surface area contributed by atoms with E-state index in [1.54, 1.807) is 6.92 Å². The minimum Gasteiger partial charge on any atom is -0.475 e. The number of hydrogen-bond acceptors (Lipinski definition) is 5. The summed E-state index contributed by atoms with van der Waals surface area (Å²) in [5.74, 6) is -1.74. The molecule has 2 atom stereocenters. The molecule has 2 rings (SSSR count). The van der Waals surface area contributed by atoms with Gasteiger partial charge in [0, 0.05) is 18.7 Å². The third kappa shape index (κ3) is 3.15. The fourth-order valence-corrected chi connectivity index (χ4v) is 4.85. The SMILES string of the molecule is CCC1COC(C)CN1S(=O)(=O)c1cc(C(=O)O)oc1Br. The van der Waals surface area contributed by atoms with Gasteiger partial charge in [0.1, 0.15) is 4.90 Å². The lowest BCUT2D eigenvalue weighted by molar-refractivity contribution is -0.0230. The van der Waals surface area contributed by atoms with Gasteiger partial charge in [-0.15, -0.1) is 0 Å². The van der Waals surface area contributed by atoms with Crippen molar-refractivity contribution in [3.63, 3.8) is 0 Å². The maximum atomic E-state index is 12.7. The second-order valence-corrected chi connectivity index (χ2v) is 7.41. The average molecular weight is 382 g/mol. The van der Waals surface area contributed by atoms with Crippen molar-refractivity contribution in [3.05, 3.63) is 16.5 Å². The molecule has 21 heavy (non-hydrogen) atoms. The van der Waals surface area contributed by atoms with Crippen molar-refractivity contribution in [2.24, 2.45) is 0 Å². The molecule has 1 N–H and O–H groups in total. The van der Waals surface area contributed by atoms with Gasteiger partial charge in [-0.25, -0.2) is 13.2 Å². The predicted octanol–water partition coefficient (Wildman–Crippen LogP) is 1.93. The van der Waals surface area contributed by atoms with E-state index >= 15 is 0 Å². The first kappa shape index (κ1) is 16.5. The number of morpholine rings is 1. The monoisotopic (exact) mass is 381 g/mol. The number of ether oxygens (including phenoxy) is 1. The quantitative estimate of drug-likeness (QED) is 0.855. The van der Waals surface area contributed by atoms with Gasteiger partial charge >= 0.3 is 5.97 Å². The van der Waals surface area contributed by atoms with E-state index in [1.165, 1.54) is 4.31 Å². The zero-order valence-corrected chi connectivity index (χ0v) is 14.0. The molecule has 1 aromatic rings. The fraction of sp³-hybridized carbons (Fsp3) is 0.583. The molecular formula is C12H16BrNO6S. The largest absolute Gasteiger partial charge is 0.475 e. The molecule has 0 radical (unpaired) electrons. The fourth-order valence-electron chi connectivity index (χ4n) is 2.19. The van der Waals surface area contributed by atoms with Crippen molar-refractivity contribution in [2.75, 3.05) is 13.2 Å². The van der Waals surface area contributed by atoms with Crippen LogP contribution in [0.1, 0.15) is 30.8 Å². The van der Waals surface area contributed by atoms with Crippen LogP contribution >= 0.6 is 15.9 Å². The molecule has 0 spiro atoms. The number of rotatable bonds is 4. The van der Waals surface area contributed by atoms with Gasteiger partial charge in [-0.05, 0) is 29.3 Å². The van der Waals surface area contributed by atoms with Crippen LogP contribution in [0.15, 0.2) is 20.0 Å². The molecule has 7 nitrogen and oxygen atoms in total. The summed E-state index contributed by atoms with van der Waals surface area (Å²) in [6, 6.07) is 0.746. The van der Waals surface area contributed by atoms with Crippen LogP contribution in [0.3, 0.4) is 0 Å². The molecular weight excluding hydrogens is 366 g/mol. The number of carboxylic acid groups (broad SMARTS) is 1. The highest BCUT2D eigenvalue weighted by atomic mass is 79.9. The second-order valence-electron chi connectivity index (χ2n) is 4.83. The van der Waals surface area contributed by atoms with E-state index in [9.17, 15) is 13.2 Å². The van der Waals surface area contributed by atoms with E-state index in [0.29, 0.717) is 13.0 Å². The minimum atomic E-state index is -3.85. The van der Waals surface area contributed by atoms with Gasteiger partial charge in [-0.2, -0.15) is 4.31 Å². The number of carboxylic acids is 1. The summed E-state index contributed by atoms with van der Waals surface area (Å²) < 4.78 is 37.1. The maximum absolute atomic E-state index is 12.7. The van der Waals surface area contributed by atoms with Gasteiger partial charge in [0.05, 0.1) is 12.7 Å². The lowest BCUT2D eigenvalue weighted by Crippen LogP contribution is -2.51. The van der Waals surface area contributed by atoms with E-state index in [4.69, 9.17) is 14.3 Å². The summed E-state index contributed by atoms with van der Waals surface area (Å²) in [4.78, 5) is 10.7. The van der Waals surface area contributed by atoms with Crippen molar-refractivity contribution in [2.45, 2.75) is 37.3 Å². The molecule has 1 fully saturated rings. The Morgan fingerprint density at radius 2 is 2.24 bits per heavy atom. The third-order valence-corrected chi connectivity index (χ3v) is 6.12. The molecule has 1 saturated heterocycles. The maximum Gasteiger partial charge on any atom is 0.371 e. The number of hydrogen-bond donors (Lipinski definition) is 1. The summed E-state index contributed by atoms with van der Waals surface area (Å²) in [5.41, 5.74) is 0. The zero-order valence-electron chi connectivity index (χ0n) is 11.6. The predicted molar refractivity (Wildman–Crippen MR) is 76.8 cm³/mol. The molecule has 118 valence electrons. The van der Waals surface area contributed by atoms with E-state index in [2.05, 4.69) is 15.9 Å². The third-order valence-electron chi connectivity index (χ3n) is 3.34. The van der Waals surface area contributed by atoms with Gasteiger partial charge in [-0.1, -0.05) is 6.92 Å². The number of aromatic carboxylic acids is 1. The molecule has 0 saturated carbocycles. The van der Waals surface area contributed by atoms with Crippen molar-refractivity contribution in [1.29, 1.82) is 0 Å². The Balaban J connectivity index is 2.42. The number of sulfonamides is 1. The van der Waals surface area contributed by atoms with Crippen LogP contribution in [0, 0.1) is 0 Å². The van der Waals surface area contributed by atoms with Gasteiger partial charge in [-0.3, -0.25) is 0 Å². The molecule has 1 aliphatic heterocycles. The van der Waals surface area contributed by atoms with Crippen LogP contribution in [0.4, 0.5) is 0 Å². The van der Waals surface area contributed by atoms with Crippen LogP contribution < -0.4 is 0 Å². The number of nitrogens with zero attached hydrogens (tertiary/aromatic N) is 1. The van der Waals surface area contributed by atoms with Gasteiger partial charge in [0.2, 0.25) is 15.8 Å². The van der Waals surface area contributed by atoms with Crippen LogP contribution in [-0.4, -0.2) is 49.1 Å². The van der Waals surface area contributed by atoms with Crippen molar-refractivity contribution in [1.82, 2.24) is 4.31 Å². The number of carbonyl (C=O) groups is 1. The first-order valence-corrected chi connectivity index (χ1v) is 8.66.